The van der Waals surface area contributed by atoms with E-state index in [9.17, 15) is 4.79 Å². The van der Waals surface area contributed by atoms with Crippen LogP contribution in [-0.4, -0.2) is 64.8 Å². The predicted octanol–water partition coefficient (Wildman–Crippen LogP) is 2.64. The van der Waals surface area contributed by atoms with E-state index in [4.69, 9.17) is 9.47 Å². The van der Waals surface area contributed by atoms with Gasteiger partial charge in [-0.15, -0.1) is 24.0 Å². The third-order valence-electron chi connectivity index (χ3n) is 5.37. The monoisotopic (exact) mass is 518 g/mol. The molecule has 0 bridgehead atoms. The van der Waals surface area contributed by atoms with Crippen molar-refractivity contribution in [1.29, 1.82) is 0 Å². The summed E-state index contributed by atoms with van der Waals surface area (Å²) in [7, 11) is 6.90. The molecule has 0 saturated heterocycles. The van der Waals surface area contributed by atoms with Gasteiger partial charge in [0.05, 0.1) is 20.2 Å². The number of nitrogens with one attached hydrogen (secondary N) is 2. The van der Waals surface area contributed by atoms with Crippen LogP contribution in [0.25, 0.3) is 0 Å². The molecule has 2 rings (SSSR count). The molecule has 1 aliphatic rings. The molecule has 1 fully saturated rings. The lowest BCUT2D eigenvalue weighted by molar-refractivity contribution is -0.127. The number of carbonyl (C=O) groups is 1. The number of benzene rings is 1. The van der Waals surface area contributed by atoms with Gasteiger partial charge in [-0.2, -0.15) is 0 Å². The molecule has 1 aromatic rings. The molecule has 1 amide bonds. The summed E-state index contributed by atoms with van der Waals surface area (Å²) in [6.45, 7) is 2.35. The third-order valence-corrected chi connectivity index (χ3v) is 5.37. The van der Waals surface area contributed by atoms with E-state index < -0.39 is 0 Å². The number of ether oxygens (including phenoxy) is 2. The average Bonchev–Trinajstić information content (AvgIpc) is 2.68. The lowest BCUT2D eigenvalue weighted by Gasteiger charge is -2.42. The summed E-state index contributed by atoms with van der Waals surface area (Å²) in [6.07, 6.45) is 4.70. The van der Waals surface area contributed by atoms with Crippen molar-refractivity contribution in [3.63, 3.8) is 0 Å². The number of nitrogens with zero attached hydrogens (tertiary/aromatic N) is 2. The van der Waals surface area contributed by atoms with Gasteiger partial charge in [0, 0.05) is 34.4 Å². The molecule has 0 heterocycles. The largest absolute Gasteiger partial charge is 0.497 e. The van der Waals surface area contributed by atoms with E-state index in [0.29, 0.717) is 12.5 Å². The highest BCUT2D eigenvalue weighted by Crippen LogP contribution is 2.43. The number of aliphatic imine (C=N–C) groups is 1. The van der Waals surface area contributed by atoms with Crippen LogP contribution in [0.2, 0.25) is 0 Å². The van der Waals surface area contributed by atoms with Crippen molar-refractivity contribution in [3.05, 3.63) is 29.8 Å². The van der Waals surface area contributed by atoms with Gasteiger partial charge >= 0.3 is 0 Å². The van der Waals surface area contributed by atoms with Crippen LogP contribution in [0.1, 0.15) is 31.2 Å². The maximum Gasteiger partial charge on any atom is 0.241 e. The first-order chi connectivity index (χ1) is 13.5. The van der Waals surface area contributed by atoms with Gasteiger partial charge in [0.15, 0.2) is 5.96 Å². The number of guanidine groups is 1. The fourth-order valence-electron chi connectivity index (χ4n) is 3.17. The Hall–Kier alpha value is -1.55. The number of hydrogen-bond acceptors (Lipinski definition) is 4. The highest BCUT2D eigenvalue weighted by Gasteiger charge is 2.36. The fraction of sp³-hybridized carbons (Fsp3) is 0.619. The summed E-state index contributed by atoms with van der Waals surface area (Å²) in [6, 6.07) is 7.85. The number of hydrogen-bond donors (Lipinski definition) is 2. The Balaban J connectivity index is 0.00000420. The van der Waals surface area contributed by atoms with Crippen LogP contribution in [0.5, 0.6) is 5.75 Å². The molecule has 0 aromatic heterocycles. The number of amides is 1. The van der Waals surface area contributed by atoms with E-state index in [1.807, 2.05) is 24.3 Å². The minimum Gasteiger partial charge on any atom is -0.497 e. The van der Waals surface area contributed by atoms with Gasteiger partial charge in [0.2, 0.25) is 5.91 Å². The zero-order valence-electron chi connectivity index (χ0n) is 18.0. The van der Waals surface area contributed by atoms with Crippen molar-refractivity contribution in [1.82, 2.24) is 15.5 Å². The Kier molecular flexibility index (Phi) is 11.3. The van der Waals surface area contributed by atoms with Crippen molar-refractivity contribution in [2.45, 2.75) is 32.2 Å². The molecule has 1 aromatic carbocycles. The maximum atomic E-state index is 12.0. The Morgan fingerprint density at radius 3 is 2.38 bits per heavy atom. The maximum absolute atomic E-state index is 12.0. The first-order valence-electron chi connectivity index (χ1n) is 9.82. The van der Waals surface area contributed by atoms with E-state index in [1.54, 1.807) is 33.2 Å². The number of carbonyl (C=O) groups excluding carboxylic acids is 1. The van der Waals surface area contributed by atoms with Crippen LogP contribution >= 0.6 is 24.0 Å². The topological polar surface area (TPSA) is 75.2 Å². The molecule has 164 valence electrons. The van der Waals surface area contributed by atoms with Crippen LogP contribution in [0, 0.1) is 5.41 Å². The third kappa shape index (κ3) is 8.38. The van der Waals surface area contributed by atoms with Gasteiger partial charge in [0.1, 0.15) is 5.75 Å². The molecule has 1 aliphatic carbocycles. The van der Waals surface area contributed by atoms with Crippen LogP contribution in [0.3, 0.4) is 0 Å². The van der Waals surface area contributed by atoms with E-state index in [2.05, 4.69) is 15.6 Å². The minimum absolute atomic E-state index is 0. The quantitative estimate of drug-likeness (QED) is 0.283. The predicted molar refractivity (Wildman–Crippen MR) is 127 cm³/mol. The van der Waals surface area contributed by atoms with E-state index in [-0.39, 0.29) is 41.8 Å². The molecule has 8 heteroatoms. The average molecular weight is 518 g/mol. The van der Waals surface area contributed by atoms with Crippen LogP contribution < -0.4 is 15.4 Å². The molecule has 0 radical (unpaired) electrons. The van der Waals surface area contributed by atoms with Gasteiger partial charge in [-0.05, 0) is 42.4 Å². The lowest BCUT2D eigenvalue weighted by atomic mass is 9.67. The molecule has 0 aliphatic heterocycles. The Labute approximate surface area is 191 Å². The molecule has 2 N–H and O–H groups in total. The van der Waals surface area contributed by atoms with Crippen LogP contribution in [0.4, 0.5) is 0 Å². The van der Waals surface area contributed by atoms with Gasteiger partial charge in [-0.1, -0.05) is 18.6 Å². The fourth-order valence-corrected chi connectivity index (χ4v) is 3.17. The smallest absolute Gasteiger partial charge is 0.241 e. The van der Waals surface area contributed by atoms with Crippen molar-refractivity contribution in [3.8, 4) is 5.75 Å². The number of rotatable bonds is 10. The summed E-state index contributed by atoms with van der Waals surface area (Å²) < 4.78 is 10.5. The molecule has 0 unspecified atom stereocenters. The van der Waals surface area contributed by atoms with Crippen molar-refractivity contribution >= 4 is 35.8 Å². The van der Waals surface area contributed by atoms with Crippen molar-refractivity contribution < 1.29 is 14.3 Å². The van der Waals surface area contributed by atoms with E-state index >= 15 is 0 Å². The molecular weight excluding hydrogens is 483 g/mol. The second kappa shape index (κ2) is 12.9. The summed E-state index contributed by atoms with van der Waals surface area (Å²) >= 11 is 0. The molecule has 7 nitrogen and oxygen atoms in total. The standard InChI is InChI=1S/C21H34N4O3.HI/c1-25(2)19(26)15-23-20(22-14-17-6-8-18(28-4)9-7-17)24-16-21(10-5-11-21)12-13-27-3;/h6-9H,5,10-16H2,1-4H3,(H2,22,23,24);1H. The zero-order valence-corrected chi connectivity index (χ0v) is 20.3. The van der Waals surface area contributed by atoms with E-state index in [0.717, 1.165) is 30.9 Å². The zero-order chi connectivity index (χ0) is 20.4. The molecule has 1 saturated carbocycles. The molecule has 29 heavy (non-hydrogen) atoms. The molecular formula is C21H35IN4O3. The summed E-state index contributed by atoms with van der Waals surface area (Å²) in [5.74, 6) is 1.50. The molecule has 0 atom stereocenters. The van der Waals surface area contributed by atoms with Gasteiger partial charge in [-0.3, -0.25) is 4.79 Å². The summed E-state index contributed by atoms with van der Waals surface area (Å²) in [5.41, 5.74) is 1.35. The first kappa shape index (κ1) is 25.5. The number of methoxy groups -OCH3 is 2. The van der Waals surface area contributed by atoms with Crippen LogP contribution in [-0.2, 0) is 16.1 Å². The second-order valence-electron chi connectivity index (χ2n) is 7.60. The van der Waals surface area contributed by atoms with E-state index in [1.165, 1.54) is 19.3 Å². The Bertz CT molecular complexity index is 646. The van der Waals surface area contributed by atoms with Gasteiger partial charge in [0.25, 0.3) is 0 Å². The van der Waals surface area contributed by atoms with Crippen LogP contribution in [0.15, 0.2) is 29.3 Å². The number of likely N-dealkylation sites (N-methyl/N-ethyl adjacent to an activating group) is 1. The highest BCUT2D eigenvalue weighted by atomic mass is 127. The van der Waals surface area contributed by atoms with Gasteiger partial charge in [-0.25, -0.2) is 4.99 Å². The summed E-state index contributed by atoms with van der Waals surface area (Å²) in [4.78, 5) is 18.2. The van der Waals surface area contributed by atoms with Crippen molar-refractivity contribution in [2.75, 3.05) is 48.0 Å². The minimum atomic E-state index is 0. The summed E-state index contributed by atoms with van der Waals surface area (Å²) in [5, 5.41) is 6.61. The number of halogens is 1. The lowest BCUT2D eigenvalue weighted by Crippen LogP contribution is -2.48. The second-order valence-corrected chi connectivity index (χ2v) is 7.60. The Morgan fingerprint density at radius 2 is 1.86 bits per heavy atom. The van der Waals surface area contributed by atoms with Gasteiger partial charge < -0.3 is 25.0 Å². The Morgan fingerprint density at radius 1 is 1.17 bits per heavy atom. The van der Waals surface area contributed by atoms with Crippen molar-refractivity contribution in [2.24, 2.45) is 10.4 Å². The highest BCUT2D eigenvalue weighted by molar-refractivity contribution is 14.0. The normalized spacial score (nSPS) is 15.0. The SMILES string of the molecule is COCCC1(CNC(=NCc2ccc(OC)cc2)NCC(=O)N(C)C)CCC1.I. The first-order valence-corrected chi connectivity index (χ1v) is 9.82. The molecule has 0 spiro atoms.